The number of aryl methyl sites for hydroxylation is 2. The van der Waals surface area contributed by atoms with E-state index in [9.17, 15) is 0 Å². The maximum atomic E-state index is 8.94. The standard InChI is InChI=1S/C13H23N5O2/c1-4-20-10-5-7-18(8-6-10)13-11(12(14)16-19)9(2)15-17(13)3/h10,19H,4-8H2,1-3H3,(H2,14,16). The molecule has 0 atom stereocenters. The summed E-state index contributed by atoms with van der Waals surface area (Å²) in [6, 6.07) is 0. The number of nitrogens with zero attached hydrogens (tertiary/aromatic N) is 4. The van der Waals surface area contributed by atoms with Crippen LogP contribution in [0.25, 0.3) is 0 Å². The molecule has 1 saturated heterocycles. The molecule has 0 spiro atoms. The average Bonchev–Trinajstić information content (AvgIpc) is 2.74. The first-order valence-corrected chi connectivity index (χ1v) is 6.96. The monoisotopic (exact) mass is 281 g/mol. The highest BCUT2D eigenvalue weighted by Gasteiger charge is 2.26. The van der Waals surface area contributed by atoms with Gasteiger partial charge in [0, 0.05) is 26.7 Å². The molecule has 7 heteroatoms. The second kappa shape index (κ2) is 6.13. The van der Waals surface area contributed by atoms with Crippen LogP contribution in [0.15, 0.2) is 5.16 Å². The Labute approximate surface area is 119 Å². The summed E-state index contributed by atoms with van der Waals surface area (Å²) in [5.74, 6) is 1.02. The molecule has 1 aromatic rings. The minimum atomic E-state index is 0.109. The third kappa shape index (κ3) is 2.72. The fourth-order valence-corrected chi connectivity index (χ4v) is 2.83. The highest BCUT2D eigenvalue weighted by atomic mass is 16.5. The van der Waals surface area contributed by atoms with Crippen LogP contribution in [0.1, 0.15) is 31.0 Å². The van der Waals surface area contributed by atoms with Gasteiger partial charge in [-0.2, -0.15) is 5.10 Å². The van der Waals surface area contributed by atoms with Crippen LogP contribution >= 0.6 is 0 Å². The van der Waals surface area contributed by atoms with Gasteiger partial charge in [0.2, 0.25) is 0 Å². The van der Waals surface area contributed by atoms with E-state index in [0.717, 1.165) is 44.0 Å². The van der Waals surface area contributed by atoms with Crippen molar-refractivity contribution in [2.75, 3.05) is 24.6 Å². The van der Waals surface area contributed by atoms with Crippen LogP contribution in [0.3, 0.4) is 0 Å². The van der Waals surface area contributed by atoms with Gasteiger partial charge < -0.3 is 20.6 Å². The summed E-state index contributed by atoms with van der Waals surface area (Å²) in [4.78, 5) is 2.23. The first-order chi connectivity index (χ1) is 9.58. The molecule has 112 valence electrons. The van der Waals surface area contributed by atoms with Crippen molar-refractivity contribution in [1.29, 1.82) is 0 Å². The second-order valence-corrected chi connectivity index (χ2v) is 5.03. The number of rotatable bonds is 4. The average molecular weight is 281 g/mol. The van der Waals surface area contributed by atoms with E-state index in [4.69, 9.17) is 15.7 Å². The van der Waals surface area contributed by atoms with E-state index in [1.807, 2.05) is 20.9 Å². The molecule has 0 amide bonds. The molecular weight excluding hydrogens is 258 g/mol. The summed E-state index contributed by atoms with van der Waals surface area (Å²) in [5, 5.41) is 16.4. The van der Waals surface area contributed by atoms with E-state index in [1.165, 1.54) is 0 Å². The van der Waals surface area contributed by atoms with Crippen molar-refractivity contribution in [2.45, 2.75) is 32.8 Å². The minimum Gasteiger partial charge on any atom is -0.409 e. The highest BCUT2D eigenvalue weighted by Crippen LogP contribution is 2.26. The molecular formula is C13H23N5O2. The molecule has 1 aliphatic heterocycles. The number of hydrogen-bond acceptors (Lipinski definition) is 5. The Hall–Kier alpha value is -1.76. The fourth-order valence-electron chi connectivity index (χ4n) is 2.83. The summed E-state index contributed by atoms with van der Waals surface area (Å²) < 4.78 is 7.46. The number of hydrogen-bond donors (Lipinski definition) is 2. The van der Waals surface area contributed by atoms with Crippen molar-refractivity contribution in [3.05, 3.63) is 11.3 Å². The van der Waals surface area contributed by atoms with Gasteiger partial charge in [-0.15, -0.1) is 0 Å². The van der Waals surface area contributed by atoms with Crippen LogP contribution in [-0.2, 0) is 11.8 Å². The SMILES string of the molecule is CCOC1CCN(c2c(C(N)=NO)c(C)nn2C)CC1. The normalized spacial score (nSPS) is 17.8. The molecule has 1 aromatic heterocycles. The summed E-state index contributed by atoms with van der Waals surface area (Å²) in [5.41, 5.74) is 7.27. The number of piperidine rings is 1. The Morgan fingerprint density at radius 3 is 2.70 bits per heavy atom. The lowest BCUT2D eigenvalue weighted by atomic mass is 10.1. The number of anilines is 1. The molecule has 0 bridgehead atoms. The Bertz CT molecular complexity index is 489. The van der Waals surface area contributed by atoms with Crippen LogP contribution in [0, 0.1) is 6.92 Å². The number of aromatic nitrogens is 2. The lowest BCUT2D eigenvalue weighted by molar-refractivity contribution is 0.0457. The molecule has 0 unspecified atom stereocenters. The zero-order valence-corrected chi connectivity index (χ0v) is 12.3. The fraction of sp³-hybridized carbons (Fsp3) is 0.692. The third-order valence-electron chi connectivity index (χ3n) is 3.70. The maximum Gasteiger partial charge on any atom is 0.175 e. The molecule has 20 heavy (non-hydrogen) atoms. The molecule has 1 aliphatic rings. The first-order valence-electron chi connectivity index (χ1n) is 6.96. The molecule has 2 heterocycles. The molecule has 3 N–H and O–H groups in total. The number of oxime groups is 1. The molecule has 2 rings (SSSR count). The van der Waals surface area contributed by atoms with Crippen LogP contribution in [-0.4, -0.2) is 46.6 Å². The number of nitrogens with two attached hydrogens (primary N) is 1. The topological polar surface area (TPSA) is 88.9 Å². The summed E-state index contributed by atoms with van der Waals surface area (Å²) in [6.45, 7) is 6.41. The lowest BCUT2D eigenvalue weighted by Crippen LogP contribution is -2.39. The Morgan fingerprint density at radius 2 is 2.15 bits per heavy atom. The summed E-state index contributed by atoms with van der Waals surface area (Å²) in [7, 11) is 1.88. The van der Waals surface area contributed by atoms with Crippen molar-refractivity contribution in [3.63, 3.8) is 0 Å². The third-order valence-corrected chi connectivity index (χ3v) is 3.70. The highest BCUT2D eigenvalue weighted by molar-refractivity contribution is 6.02. The lowest BCUT2D eigenvalue weighted by Gasteiger charge is -2.33. The van der Waals surface area contributed by atoms with Crippen molar-refractivity contribution in [2.24, 2.45) is 17.9 Å². The van der Waals surface area contributed by atoms with Crippen molar-refractivity contribution in [3.8, 4) is 0 Å². The zero-order chi connectivity index (χ0) is 14.7. The smallest absolute Gasteiger partial charge is 0.175 e. The molecule has 0 saturated carbocycles. The van der Waals surface area contributed by atoms with Crippen LogP contribution in [0.2, 0.25) is 0 Å². The largest absolute Gasteiger partial charge is 0.409 e. The van der Waals surface area contributed by atoms with Crippen LogP contribution < -0.4 is 10.6 Å². The van der Waals surface area contributed by atoms with E-state index in [1.54, 1.807) is 4.68 Å². The number of amidine groups is 1. The van der Waals surface area contributed by atoms with Gasteiger partial charge in [0.05, 0.1) is 17.4 Å². The molecule has 0 aliphatic carbocycles. The van der Waals surface area contributed by atoms with Gasteiger partial charge in [-0.1, -0.05) is 5.16 Å². The maximum absolute atomic E-state index is 8.94. The molecule has 0 aromatic carbocycles. The quantitative estimate of drug-likeness (QED) is 0.369. The Morgan fingerprint density at radius 1 is 1.50 bits per heavy atom. The van der Waals surface area contributed by atoms with Gasteiger partial charge >= 0.3 is 0 Å². The van der Waals surface area contributed by atoms with E-state index in [-0.39, 0.29) is 5.84 Å². The summed E-state index contributed by atoms with van der Waals surface area (Å²) in [6.07, 6.45) is 2.29. The predicted molar refractivity (Wildman–Crippen MR) is 77.3 cm³/mol. The Balaban J connectivity index is 2.22. The van der Waals surface area contributed by atoms with Gasteiger partial charge in [-0.25, -0.2) is 0 Å². The van der Waals surface area contributed by atoms with E-state index in [0.29, 0.717) is 11.7 Å². The van der Waals surface area contributed by atoms with Gasteiger partial charge in [-0.05, 0) is 26.7 Å². The van der Waals surface area contributed by atoms with Crippen LogP contribution in [0.5, 0.6) is 0 Å². The second-order valence-electron chi connectivity index (χ2n) is 5.03. The van der Waals surface area contributed by atoms with Gasteiger partial charge in [0.1, 0.15) is 5.82 Å². The minimum absolute atomic E-state index is 0.109. The van der Waals surface area contributed by atoms with Gasteiger partial charge in [-0.3, -0.25) is 4.68 Å². The first kappa shape index (κ1) is 14.6. The molecule has 1 fully saturated rings. The van der Waals surface area contributed by atoms with E-state index >= 15 is 0 Å². The Kier molecular flexibility index (Phi) is 4.49. The molecule has 7 nitrogen and oxygen atoms in total. The van der Waals surface area contributed by atoms with E-state index in [2.05, 4.69) is 15.2 Å². The van der Waals surface area contributed by atoms with E-state index < -0.39 is 0 Å². The molecule has 0 radical (unpaired) electrons. The van der Waals surface area contributed by atoms with Crippen LogP contribution in [0.4, 0.5) is 5.82 Å². The predicted octanol–water partition coefficient (Wildman–Crippen LogP) is 0.828. The van der Waals surface area contributed by atoms with Crippen molar-refractivity contribution < 1.29 is 9.94 Å². The van der Waals surface area contributed by atoms with Gasteiger partial charge in [0.15, 0.2) is 5.84 Å². The van der Waals surface area contributed by atoms with Gasteiger partial charge in [0.25, 0.3) is 0 Å². The summed E-state index contributed by atoms with van der Waals surface area (Å²) >= 11 is 0. The van der Waals surface area contributed by atoms with Crippen molar-refractivity contribution in [1.82, 2.24) is 9.78 Å². The van der Waals surface area contributed by atoms with Crippen molar-refractivity contribution >= 4 is 11.7 Å². The number of ether oxygens (including phenoxy) is 1. The zero-order valence-electron chi connectivity index (χ0n) is 12.3.